The van der Waals surface area contributed by atoms with Gasteiger partial charge in [-0.05, 0) is 18.1 Å². The van der Waals surface area contributed by atoms with E-state index < -0.39 is 16.9 Å². The summed E-state index contributed by atoms with van der Waals surface area (Å²) in [6, 6.07) is 3.47. The molecule has 0 fully saturated rings. The molecular formula is C14H20N4O4. The number of nitrogens with zero attached hydrogens (tertiary/aromatic N) is 1. The van der Waals surface area contributed by atoms with Crippen molar-refractivity contribution in [3.05, 3.63) is 33.9 Å². The number of nitro groups is 1. The van der Waals surface area contributed by atoms with Crippen molar-refractivity contribution in [3.63, 3.8) is 0 Å². The molecule has 0 aliphatic heterocycles. The number of nitrogens with one attached hydrogen (secondary N) is 3. The summed E-state index contributed by atoms with van der Waals surface area (Å²) in [5.41, 5.74) is 0.122. The van der Waals surface area contributed by atoms with Crippen LogP contribution in [-0.2, 0) is 4.79 Å². The summed E-state index contributed by atoms with van der Waals surface area (Å²) in [4.78, 5) is 34.0. The number of hydrogen-bond acceptors (Lipinski definition) is 5. The average Bonchev–Trinajstić information content (AvgIpc) is 2.50. The largest absolute Gasteiger partial charge is 0.368 e. The van der Waals surface area contributed by atoms with Crippen molar-refractivity contribution in [2.75, 3.05) is 19.4 Å². The number of hydrogen-bond donors (Lipinski definition) is 3. The van der Waals surface area contributed by atoms with Gasteiger partial charge in [-0.25, -0.2) is 0 Å². The van der Waals surface area contributed by atoms with Crippen LogP contribution in [0.1, 0.15) is 24.2 Å². The third-order valence-electron chi connectivity index (χ3n) is 3.19. The highest BCUT2D eigenvalue weighted by atomic mass is 16.6. The molecule has 2 amide bonds. The predicted octanol–water partition coefficient (Wildman–Crippen LogP) is 1.14. The Bertz CT molecular complexity index is 586. The molecule has 3 N–H and O–H groups in total. The molecule has 120 valence electrons. The molecule has 8 heteroatoms. The van der Waals surface area contributed by atoms with E-state index in [2.05, 4.69) is 16.0 Å². The quantitative estimate of drug-likeness (QED) is 0.538. The molecule has 0 bridgehead atoms. The van der Waals surface area contributed by atoms with Crippen LogP contribution in [0.5, 0.6) is 0 Å². The molecule has 1 aromatic rings. The Morgan fingerprint density at radius 2 is 1.82 bits per heavy atom. The van der Waals surface area contributed by atoms with E-state index >= 15 is 0 Å². The van der Waals surface area contributed by atoms with Crippen molar-refractivity contribution >= 4 is 23.2 Å². The van der Waals surface area contributed by atoms with Crippen LogP contribution in [0, 0.1) is 16.0 Å². The number of amides is 2. The summed E-state index contributed by atoms with van der Waals surface area (Å²) < 4.78 is 0. The van der Waals surface area contributed by atoms with Gasteiger partial charge in [-0.1, -0.05) is 13.8 Å². The first-order chi connectivity index (χ1) is 10.3. The van der Waals surface area contributed by atoms with Gasteiger partial charge in [0.25, 0.3) is 11.6 Å². The van der Waals surface area contributed by atoms with E-state index in [4.69, 9.17) is 0 Å². The molecule has 0 heterocycles. The Kier molecular flexibility index (Phi) is 5.85. The predicted molar refractivity (Wildman–Crippen MR) is 82.8 cm³/mol. The molecule has 0 spiro atoms. The molecule has 1 rings (SSSR count). The molecule has 0 saturated carbocycles. The fourth-order valence-electron chi connectivity index (χ4n) is 1.95. The fraction of sp³-hybridized carbons (Fsp3) is 0.429. The molecule has 1 aromatic carbocycles. The number of nitro benzene ring substituents is 1. The van der Waals surface area contributed by atoms with E-state index in [1.807, 2.05) is 13.8 Å². The fourth-order valence-corrected chi connectivity index (χ4v) is 1.95. The maximum absolute atomic E-state index is 11.9. The van der Waals surface area contributed by atoms with Gasteiger partial charge < -0.3 is 16.0 Å². The van der Waals surface area contributed by atoms with E-state index in [1.165, 1.54) is 32.3 Å². The van der Waals surface area contributed by atoms with E-state index in [-0.39, 0.29) is 28.8 Å². The van der Waals surface area contributed by atoms with Crippen molar-refractivity contribution in [3.8, 4) is 0 Å². The van der Waals surface area contributed by atoms with Crippen LogP contribution in [0.3, 0.4) is 0 Å². The third kappa shape index (κ3) is 3.94. The summed E-state index contributed by atoms with van der Waals surface area (Å²) >= 11 is 0. The van der Waals surface area contributed by atoms with Gasteiger partial charge in [0.1, 0.15) is 11.7 Å². The first kappa shape index (κ1) is 17.4. The lowest BCUT2D eigenvalue weighted by Gasteiger charge is -2.21. The molecule has 0 radical (unpaired) electrons. The van der Waals surface area contributed by atoms with Gasteiger partial charge in [0, 0.05) is 25.7 Å². The number of carbonyl (C=O) groups excluding carboxylic acids is 2. The minimum Gasteiger partial charge on any atom is -0.368 e. The Morgan fingerprint density at radius 3 is 2.27 bits per heavy atom. The van der Waals surface area contributed by atoms with Crippen molar-refractivity contribution in [2.45, 2.75) is 19.9 Å². The zero-order valence-corrected chi connectivity index (χ0v) is 13.0. The van der Waals surface area contributed by atoms with Crippen molar-refractivity contribution in [1.82, 2.24) is 10.6 Å². The summed E-state index contributed by atoms with van der Waals surface area (Å²) in [6.45, 7) is 3.66. The number of benzene rings is 1. The first-order valence-electron chi connectivity index (χ1n) is 6.80. The number of carbonyl (C=O) groups is 2. The second kappa shape index (κ2) is 7.39. The maximum Gasteiger partial charge on any atom is 0.293 e. The number of anilines is 1. The number of rotatable bonds is 6. The highest BCUT2D eigenvalue weighted by Crippen LogP contribution is 2.27. The van der Waals surface area contributed by atoms with Crippen LogP contribution in [0.2, 0.25) is 0 Å². The minimum absolute atomic E-state index is 0.0711. The molecule has 0 saturated heterocycles. The topological polar surface area (TPSA) is 113 Å². The highest BCUT2D eigenvalue weighted by Gasteiger charge is 2.25. The Morgan fingerprint density at radius 1 is 1.18 bits per heavy atom. The van der Waals surface area contributed by atoms with Crippen molar-refractivity contribution in [1.29, 1.82) is 0 Å². The third-order valence-corrected chi connectivity index (χ3v) is 3.19. The van der Waals surface area contributed by atoms with E-state index in [1.54, 1.807) is 0 Å². The summed E-state index contributed by atoms with van der Waals surface area (Å²) in [6.07, 6.45) is 0. The zero-order chi connectivity index (χ0) is 16.9. The smallest absolute Gasteiger partial charge is 0.293 e. The van der Waals surface area contributed by atoms with Crippen LogP contribution in [0.25, 0.3) is 0 Å². The van der Waals surface area contributed by atoms with Gasteiger partial charge in [-0.15, -0.1) is 0 Å². The lowest BCUT2D eigenvalue weighted by Crippen LogP contribution is -2.41. The standard InChI is InChI=1S/C14H20N4O4/c1-8(2)12(14(20)16-4)17-10-6-5-9(13(19)15-3)7-11(10)18(21)22/h5-8,12,17H,1-4H3,(H,15,19)(H,16,20). The molecule has 0 aliphatic rings. The van der Waals surface area contributed by atoms with Crippen LogP contribution >= 0.6 is 0 Å². The lowest BCUT2D eigenvalue weighted by atomic mass is 10.0. The molecule has 0 aliphatic carbocycles. The van der Waals surface area contributed by atoms with E-state index in [9.17, 15) is 19.7 Å². The Labute approximate surface area is 128 Å². The van der Waals surface area contributed by atoms with Gasteiger partial charge >= 0.3 is 0 Å². The zero-order valence-electron chi connectivity index (χ0n) is 13.0. The van der Waals surface area contributed by atoms with Gasteiger partial charge in [0.15, 0.2) is 0 Å². The maximum atomic E-state index is 11.9. The molecular weight excluding hydrogens is 288 g/mol. The highest BCUT2D eigenvalue weighted by molar-refractivity contribution is 5.95. The summed E-state index contributed by atoms with van der Waals surface area (Å²) in [7, 11) is 2.95. The second-order valence-corrected chi connectivity index (χ2v) is 5.05. The molecule has 1 atom stereocenters. The van der Waals surface area contributed by atoms with Crippen LogP contribution < -0.4 is 16.0 Å². The lowest BCUT2D eigenvalue weighted by molar-refractivity contribution is -0.384. The van der Waals surface area contributed by atoms with E-state index in [0.717, 1.165) is 0 Å². The SMILES string of the molecule is CNC(=O)c1ccc(NC(C(=O)NC)C(C)C)c([N+](=O)[O-])c1. The van der Waals surface area contributed by atoms with E-state index in [0.29, 0.717) is 0 Å². The monoisotopic (exact) mass is 308 g/mol. The molecule has 1 unspecified atom stereocenters. The van der Waals surface area contributed by atoms with Crippen LogP contribution in [-0.4, -0.2) is 36.9 Å². The van der Waals surface area contributed by atoms with Gasteiger partial charge in [0.2, 0.25) is 5.91 Å². The average molecular weight is 308 g/mol. The van der Waals surface area contributed by atoms with Crippen LogP contribution in [0.15, 0.2) is 18.2 Å². The molecule has 22 heavy (non-hydrogen) atoms. The summed E-state index contributed by atoms with van der Waals surface area (Å²) in [5.74, 6) is -0.751. The Balaban J connectivity index is 3.20. The van der Waals surface area contributed by atoms with Gasteiger partial charge in [-0.2, -0.15) is 0 Å². The van der Waals surface area contributed by atoms with Crippen molar-refractivity contribution < 1.29 is 14.5 Å². The minimum atomic E-state index is -0.616. The normalized spacial score (nSPS) is 11.7. The molecule has 0 aromatic heterocycles. The number of likely N-dealkylation sites (N-methyl/N-ethyl adjacent to an activating group) is 1. The van der Waals surface area contributed by atoms with Crippen LogP contribution in [0.4, 0.5) is 11.4 Å². The van der Waals surface area contributed by atoms with Crippen molar-refractivity contribution in [2.24, 2.45) is 5.92 Å². The summed E-state index contributed by atoms with van der Waals surface area (Å²) in [5, 5.41) is 19.0. The van der Waals surface area contributed by atoms with Gasteiger partial charge in [-0.3, -0.25) is 19.7 Å². The van der Waals surface area contributed by atoms with Gasteiger partial charge in [0.05, 0.1) is 4.92 Å². The first-order valence-corrected chi connectivity index (χ1v) is 6.80. The Hall–Kier alpha value is -2.64. The second-order valence-electron chi connectivity index (χ2n) is 5.05. The molecule has 8 nitrogen and oxygen atoms in total.